The van der Waals surface area contributed by atoms with Gasteiger partial charge in [0.1, 0.15) is 4.21 Å². The SMILES string of the molecule is CCN(CC)C(=O)CNS(=O)(=O)c1cc([N+](=O)[O-])c(Cl)s1. The van der Waals surface area contributed by atoms with Crippen LogP contribution in [0.2, 0.25) is 4.34 Å². The maximum Gasteiger partial charge on any atom is 0.300 e. The Morgan fingerprint density at radius 2 is 2.05 bits per heavy atom. The van der Waals surface area contributed by atoms with Crippen molar-refractivity contribution in [2.75, 3.05) is 19.6 Å². The van der Waals surface area contributed by atoms with E-state index in [4.69, 9.17) is 11.6 Å². The Morgan fingerprint density at radius 3 is 2.48 bits per heavy atom. The quantitative estimate of drug-likeness (QED) is 0.588. The zero-order chi connectivity index (χ0) is 16.2. The van der Waals surface area contributed by atoms with E-state index < -0.39 is 27.2 Å². The second kappa shape index (κ2) is 7.16. The number of hydrogen-bond donors (Lipinski definition) is 1. The number of amides is 1. The van der Waals surface area contributed by atoms with Crippen LogP contribution in [0.15, 0.2) is 10.3 Å². The molecule has 1 rings (SSSR count). The summed E-state index contributed by atoms with van der Waals surface area (Å²) in [5.74, 6) is -0.374. The molecule has 1 heterocycles. The number of hydrogen-bond acceptors (Lipinski definition) is 6. The van der Waals surface area contributed by atoms with E-state index >= 15 is 0 Å². The summed E-state index contributed by atoms with van der Waals surface area (Å²) in [6, 6.07) is 0.872. The fourth-order valence-electron chi connectivity index (χ4n) is 1.51. The van der Waals surface area contributed by atoms with Gasteiger partial charge in [-0.2, -0.15) is 0 Å². The number of nitrogens with zero attached hydrogens (tertiary/aromatic N) is 2. The van der Waals surface area contributed by atoms with Gasteiger partial charge in [0.15, 0.2) is 4.34 Å². The molecular formula is C10H14ClN3O5S2. The molecular weight excluding hydrogens is 342 g/mol. The lowest BCUT2D eigenvalue weighted by Crippen LogP contribution is -2.39. The van der Waals surface area contributed by atoms with Crippen LogP contribution in [0.25, 0.3) is 0 Å². The number of nitrogens with one attached hydrogen (secondary N) is 1. The lowest BCUT2D eigenvalue weighted by Gasteiger charge is -2.18. The fraction of sp³-hybridized carbons (Fsp3) is 0.500. The summed E-state index contributed by atoms with van der Waals surface area (Å²) in [6.07, 6.45) is 0. The Balaban J connectivity index is 2.85. The molecule has 118 valence electrons. The fourth-order valence-corrected chi connectivity index (χ4v) is 4.19. The van der Waals surface area contributed by atoms with Crippen LogP contribution < -0.4 is 4.72 Å². The largest absolute Gasteiger partial charge is 0.342 e. The van der Waals surface area contributed by atoms with Gasteiger partial charge in [0, 0.05) is 19.2 Å². The third-order valence-electron chi connectivity index (χ3n) is 2.64. The van der Waals surface area contributed by atoms with E-state index in [2.05, 4.69) is 4.72 Å². The number of likely N-dealkylation sites (N-methyl/N-ethyl adjacent to an activating group) is 1. The van der Waals surface area contributed by atoms with Gasteiger partial charge in [-0.3, -0.25) is 14.9 Å². The normalized spacial score (nSPS) is 11.4. The molecule has 0 atom stereocenters. The average molecular weight is 356 g/mol. The first-order chi connectivity index (χ1) is 9.72. The van der Waals surface area contributed by atoms with Crippen LogP contribution in [-0.4, -0.2) is 43.8 Å². The van der Waals surface area contributed by atoms with Crippen LogP contribution >= 0.6 is 22.9 Å². The van der Waals surface area contributed by atoms with Gasteiger partial charge in [-0.15, -0.1) is 11.3 Å². The van der Waals surface area contributed by atoms with Gasteiger partial charge in [-0.1, -0.05) is 11.6 Å². The van der Waals surface area contributed by atoms with Crippen molar-refractivity contribution in [1.82, 2.24) is 9.62 Å². The highest BCUT2D eigenvalue weighted by Gasteiger charge is 2.26. The predicted molar refractivity (Wildman–Crippen MR) is 79.1 cm³/mol. The van der Waals surface area contributed by atoms with Gasteiger partial charge >= 0.3 is 0 Å². The predicted octanol–water partition coefficient (Wildman–Crippen LogP) is 1.46. The third kappa shape index (κ3) is 4.37. The van der Waals surface area contributed by atoms with Crippen LogP contribution in [0.5, 0.6) is 0 Å². The lowest BCUT2D eigenvalue weighted by atomic mass is 10.4. The maximum absolute atomic E-state index is 12.0. The molecule has 0 aliphatic heterocycles. The molecule has 0 aliphatic rings. The molecule has 1 aromatic rings. The first-order valence-corrected chi connectivity index (χ1v) is 8.61. The topological polar surface area (TPSA) is 110 Å². The van der Waals surface area contributed by atoms with E-state index in [-0.39, 0.29) is 14.5 Å². The molecule has 1 N–H and O–H groups in total. The monoisotopic (exact) mass is 355 g/mol. The highest BCUT2D eigenvalue weighted by molar-refractivity contribution is 7.91. The van der Waals surface area contributed by atoms with E-state index in [1.807, 2.05) is 0 Å². The smallest absolute Gasteiger partial charge is 0.300 e. The number of halogens is 1. The minimum atomic E-state index is -4.01. The van der Waals surface area contributed by atoms with Crippen LogP contribution in [-0.2, 0) is 14.8 Å². The third-order valence-corrected chi connectivity index (χ3v) is 5.85. The van der Waals surface area contributed by atoms with Gasteiger partial charge < -0.3 is 4.90 Å². The van der Waals surface area contributed by atoms with Crippen molar-refractivity contribution in [2.45, 2.75) is 18.1 Å². The molecule has 0 unspecified atom stereocenters. The Bertz CT molecular complexity index is 639. The average Bonchev–Trinajstić information content (AvgIpc) is 2.81. The van der Waals surface area contributed by atoms with Crippen molar-refractivity contribution >= 4 is 44.6 Å². The van der Waals surface area contributed by atoms with E-state index in [0.717, 1.165) is 6.07 Å². The first-order valence-electron chi connectivity index (χ1n) is 5.94. The molecule has 0 aromatic carbocycles. The second-order valence-electron chi connectivity index (χ2n) is 3.87. The molecule has 0 radical (unpaired) electrons. The standard InChI is InChI=1S/C10H14ClN3O5S2/c1-3-13(4-2)8(15)6-12-21(18,19)9-5-7(14(16)17)10(11)20-9/h5,12H,3-4,6H2,1-2H3. The van der Waals surface area contributed by atoms with Gasteiger partial charge in [0.25, 0.3) is 15.7 Å². The number of nitro groups is 1. The van der Waals surface area contributed by atoms with Crippen molar-refractivity contribution in [3.05, 3.63) is 20.5 Å². The number of sulfonamides is 1. The van der Waals surface area contributed by atoms with Crippen LogP contribution in [0.1, 0.15) is 13.8 Å². The van der Waals surface area contributed by atoms with Gasteiger partial charge in [-0.25, -0.2) is 13.1 Å². The molecule has 0 saturated carbocycles. The number of thiophene rings is 1. The molecule has 0 aliphatic carbocycles. The summed E-state index contributed by atoms with van der Waals surface area (Å²) in [7, 11) is -4.01. The van der Waals surface area contributed by atoms with Crippen molar-refractivity contribution in [2.24, 2.45) is 0 Å². The van der Waals surface area contributed by atoms with Crippen molar-refractivity contribution in [1.29, 1.82) is 0 Å². The molecule has 8 nitrogen and oxygen atoms in total. The summed E-state index contributed by atoms with van der Waals surface area (Å²) in [5, 5.41) is 10.6. The Labute approximate surface area is 130 Å². The summed E-state index contributed by atoms with van der Waals surface area (Å²) in [4.78, 5) is 23.1. The summed E-state index contributed by atoms with van der Waals surface area (Å²) in [5.41, 5.74) is -0.475. The van der Waals surface area contributed by atoms with E-state index in [9.17, 15) is 23.3 Å². The van der Waals surface area contributed by atoms with Crippen LogP contribution in [0, 0.1) is 10.1 Å². The minimum Gasteiger partial charge on any atom is -0.342 e. The van der Waals surface area contributed by atoms with Crippen LogP contribution in [0.3, 0.4) is 0 Å². The molecule has 0 fully saturated rings. The molecule has 11 heteroatoms. The van der Waals surface area contributed by atoms with Crippen molar-refractivity contribution in [3.8, 4) is 0 Å². The zero-order valence-electron chi connectivity index (χ0n) is 11.3. The summed E-state index contributed by atoms with van der Waals surface area (Å²) >= 11 is 6.18. The lowest BCUT2D eigenvalue weighted by molar-refractivity contribution is -0.384. The Kier molecular flexibility index (Phi) is 6.08. The Hall–Kier alpha value is -1.23. The Morgan fingerprint density at radius 1 is 1.48 bits per heavy atom. The highest BCUT2D eigenvalue weighted by Crippen LogP contribution is 2.35. The number of rotatable bonds is 7. The zero-order valence-corrected chi connectivity index (χ0v) is 13.7. The van der Waals surface area contributed by atoms with Crippen LogP contribution in [0.4, 0.5) is 5.69 Å². The van der Waals surface area contributed by atoms with Gasteiger partial charge in [0.2, 0.25) is 5.91 Å². The summed E-state index contributed by atoms with van der Waals surface area (Å²) < 4.78 is 25.5. The molecule has 1 amide bonds. The number of carbonyl (C=O) groups excluding carboxylic acids is 1. The highest BCUT2D eigenvalue weighted by atomic mass is 35.5. The van der Waals surface area contributed by atoms with Crippen molar-refractivity contribution < 1.29 is 18.1 Å². The minimum absolute atomic E-state index is 0.226. The first kappa shape index (κ1) is 17.8. The van der Waals surface area contributed by atoms with Gasteiger partial charge in [-0.05, 0) is 13.8 Å². The van der Waals surface area contributed by atoms with E-state index in [1.54, 1.807) is 13.8 Å². The van der Waals surface area contributed by atoms with E-state index in [0.29, 0.717) is 24.4 Å². The summed E-state index contributed by atoms with van der Waals surface area (Å²) in [6.45, 7) is 4.07. The molecule has 0 saturated heterocycles. The van der Waals surface area contributed by atoms with Crippen molar-refractivity contribution in [3.63, 3.8) is 0 Å². The molecule has 1 aromatic heterocycles. The molecule has 0 bridgehead atoms. The molecule has 21 heavy (non-hydrogen) atoms. The maximum atomic E-state index is 12.0. The van der Waals surface area contributed by atoms with Gasteiger partial charge in [0.05, 0.1) is 11.5 Å². The molecule has 0 spiro atoms. The number of carbonyl (C=O) groups is 1. The van der Waals surface area contributed by atoms with E-state index in [1.165, 1.54) is 4.90 Å². The second-order valence-corrected chi connectivity index (χ2v) is 7.52.